The molecule has 0 saturated carbocycles. The Kier molecular flexibility index (Phi) is 7.47. The molecule has 0 aromatic heterocycles. The quantitative estimate of drug-likeness (QED) is 0.620. The molecule has 9 heteroatoms. The van der Waals surface area contributed by atoms with E-state index in [-0.39, 0.29) is 35.9 Å². The summed E-state index contributed by atoms with van der Waals surface area (Å²) in [7, 11) is -3.94. The molecule has 30 heavy (non-hydrogen) atoms. The number of nitrogens with zero attached hydrogens (tertiary/aromatic N) is 3. The van der Waals surface area contributed by atoms with Gasteiger partial charge in [0.2, 0.25) is 15.9 Å². The van der Waals surface area contributed by atoms with Crippen molar-refractivity contribution in [1.82, 2.24) is 14.1 Å². The number of hydrogen-bond acceptors (Lipinski definition) is 4. The maximum Gasteiger partial charge on any atom is 0.243 e. The minimum absolute atomic E-state index is 0.0218. The highest BCUT2D eigenvalue weighted by Gasteiger charge is 2.37. The number of benzene rings is 1. The number of likely N-dealkylation sites (tertiary alicyclic amines) is 1. The number of hydrogen-bond donors (Lipinski definition) is 0. The largest absolute Gasteiger partial charge is 0.338 e. The van der Waals surface area contributed by atoms with Crippen LogP contribution in [0.25, 0.3) is 0 Å². The van der Waals surface area contributed by atoms with E-state index in [1.807, 2.05) is 18.7 Å². The molecule has 0 spiro atoms. The lowest BCUT2D eigenvalue weighted by Crippen LogP contribution is -2.45. The van der Waals surface area contributed by atoms with E-state index in [9.17, 15) is 22.0 Å². The van der Waals surface area contributed by atoms with Crippen LogP contribution in [0.3, 0.4) is 0 Å². The fraction of sp³-hybridized carbons (Fsp3) is 0.667. The summed E-state index contributed by atoms with van der Waals surface area (Å²) in [5.41, 5.74) is 0. The molecular formula is C21H31F2N3O3S. The summed E-state index contributed by atoms with van der Waals surface area (Å²) in [6.07, 6.45) is 3.82. The first-order valence-electron chi connectivity index (χ1n) is 10.7. The smallest absolute Gasteiger partial charge is 0.243 e. The van der Waals surface area contributed by atoms with Gasteiger partial charge in [0.05, 0.1) is 4.90 Å². The van der Waals surface area contributed by atoms with E-state index >= 15 is 0 Å². The highest BCUT2D eigenvalue weighted by molar-refractivity contribution is 7.89. The van der Waals surface area contributed by atoms with Crippen LogP contribution in [0.15, 0.2) is 23.1 Å². The van der Waals surface area contributed by atoms with Crippen LogP contribution >= 0.6 is 0 Å². The topological polar surface area (TPSA) is 60.9 Å². The molecule has 2 saturated heterocycles. The van der Waals surface area contributed by atoms with Gasteiger partial charge < -0.3 is 9.80 Å². The second-order valence-corrected chi connectivity index (χ2v) is 10.4. The number of rotatable bonds is 8. The Morgan fingerprint density at radius 1 is 1.17 bits per heavy atom. The van der Waals surface area contributed by atoms with Gasteiger partial charge in [0.25, 0.3) is 0 Å². The first-order chi connectivity index (χ1) is 14.2. The van der Waals surface area contributed by atoms with Gasteiger partial charge in [0.15, 0.2) is 11.6 Å². The Labute approximate surface area is 177 Å². The van der Waals surface area contributed by atoms with Crippen LogP contribution in [-0.4, -0.2) is 73.7 Å². The van der Waals surface area contributed by atoms with Gasteiger partial charge in [-0.1, -0.05) is 13.8 Å². The predicted molar refractivity (Wildman–Crippen MR) is 110 cm³/mol. The number of sulfonamides is 1. The van der Waals surface area contributed by atoms with Crippen molar-refractivity contribution in [2.24, 2.45) is 5.92 Å². The second-order valence-electron chi connectivity index (χ2n) is 8.47. The van der Waals surface area contributed by atoms with Crippen molar-refractivity contribution < 1.29 is 22.0 Å². The van der Waals surface area contributed by atoms with Gasteiger partial charge in [0.1, 0.15) is 0 Å². The Balaban J connectivity index is 1.68. The fourth-order valence-electron chi connectivity index (χ4n) is 4.24. The fourth-order valence-corrected chi connectivity index (χ4v) is 5.75. The standard InChI is InChI=1S/C21H31F2N3O3S/c1-16(2)21(27)26(12-5-11-24-9-3-4-10-24)17-8-13-25(15-17)30(28,29)18-6-7-19(22)20(23)14-18/h6-7,14,16-17H,3-5,8-13,15H2,1-2H3/t17-/m0/s1. The van der Waals surface area contributed by atoms with E-state index in [1.165, 1.54) is 17.1 Å². The zero-order chi connectivity index (χ0) is 21.9. The van der Waals surface area contributed by atoms with Crippen LogP contribution in [0, 0.1) is 17.6 Å². The molecule has 0 bridgehead atoms. The van der Waals surface area contributed by atoms with Gasteiger partial charge in [-0.25, -0.2) is 17.2 Å². The van der Waals surface area contributed by atoms with Crippen molar-refractivity contribution in [3.8, 4) is 0 Å². The lowest BCUT2D eigenvalue weighted by atomic mass is 10.1. The lowest BCUT2D eigenvalue weighted by molar-refractivity contribution is -0.136. The average molecular weight is 444 g/mol. The van der Waals surface area contributed by atoms with Crippen molar-refractivity contribution in [3.05, 3.63) is 29.8 Å². The number of carbonyl (C=O) groups excluding carboxylic acids is 1. The van der Waals surface area contributed by atoms with Crippen molar-refractivity contribution in [1.29, 1.82) is 0 Å². The Morgan fingerprint density at radius 2 is 1.87 bits per heavy atom. The summed E-state index contributed by atoms with van der Waals surface area (Å²) in [4.78, 5) is 16.8. The SMILES string of the molecule is CC(C)C(=O)N(CCCN1CCCC1)[C@H]1CCN(S(=O)(=O)c2ccc(F)c(F)c2)C1. The van der Waals surface area contributed by atoms with E-state index in [2.05, 4.69) is 4.90 Å². The minimum Gasteiger partial charge on any atom is -0.338 e. The molecule has 0 aliphatic carbocycles. The normalized spacial score (nSPS) is 20.9. The molecule has 6 nitrogen and oxygen atoms in total. The third-order valence-corrected chi connectivity index (χ3v) is 7.81. The first kappa shape index (κ1) is 23.1. The predicted octanol–water partition coefficient (Wildman–Crippen LogP) is 2.70. The summed E-state index contributed by atoms with van der Waals surface area (Å²) in [5.74, 6) is -2.42. The molecule has 2 aliphatic rings. The maximum absolute atomic E-state index is 13.5. The van der Waals surface area contributed by atoms with Crippen LogP contribution in [0.5, 0.6) is 0 Å². The van der Waals surface area contributed by atoms with Gasteiger partial charge in [-0.2, -0.15) is 4.31 Å². The molecule has 3 rings (SSSR count). The second kappa shape index (κ2) is 9.70. The van der Waals surface area contributed by atoms with Crippen molar-refractivity contribution in [2.75, 3.05) is 39.3 Å². The van der Waals surface area contributed by atoms with Crippen LogP contribution in [0.4, 0.5) is 8.78 Å². The van der Waals surface area contributed by atoms with Gasteiger partial charge in [-0.05, 0) is 63.5 Å². The van der Waals surface area contributed by atoms with Crippen LogP contribution in [-0.2, 0) is 14.8 Å². The van der Waals surface area contributed by atoms with E-state index in [4.69, 9.17) is 0 Å². The molecule has 2 heterocycles. The molecule has 1 amide bonds. The zero-order valence-electron chi connectivity index (χ0n) is 17.7. The zero-order valence-corrected chi connectivity index (χ0v) is 18.5. The van der Waals surface area contributed by atoms with Gasteiger partial charge in [-0.15, -0.1) is 0 Å². The Morgan fingerprint density at radius 3 is 2.50 bits per heavy atom. The number of halogens is 2. The third-order valence-electron chi connectivity index (χ3n) is 5.94. The van der Waals surface area contributed by atoms with E-state index < -0.39 is 21.7 Å². The Bertz CT molecular complexity index is 857. The molecule has 2 aliphatic heterocycles. The average Bonchev–Trinajstić information content (AvgIpc) is 3.39. The molecule has 1 aromatic rings. The van der Waals surface area contributed by atoms with Crippen molar-refractivity contribution in [2.45, 2.75) is 50.5 Å². The number of amides is 1. The molecule has 0 N–H and O–H groups in total. The van der Waals surface area contributed by atoms with Crippen LogP contribution < -0.4 is 0 Å². The van der Waals surface area contributed by atoms with Crippen LogP contribution in [0.2, 0.25) is 0 Å². The van der Waals surface area contributed by atoms with Crippen molar-refractivity contribution >= 4 is 15.9 Å². The summed E-state index contributed by atoms with van der Waals surface area (Å²) in [5, 5.41) is 0. The van der Waals surface area contributed by atoms with Crippen molar-refractivity contribution in [3.63, 3.8) is 0 Å². The third kappa shape index (κ3) is 5.18. The molecule has 1 aromatic carbocycles. The Hall–Kier alpha value is -1.58. The molecule has 2 fully saturated rings. The highest BCUT2D eigenvalue weighted by atomic mass is 32.2. The van der Waals surface area contributed by atoms with Gasteiger partial charge in [0, 0.05) is 31.6 Å². The summed E-state index contributed by atoms with van der Waals surface area (Å²) in [6.45, 7) is 7.84. The van der Waals surface area contributed by atoms with Gasteiger partial charge in [-0.3, -0.25) is 4.79 Å². The highest BCUT2D eigenvalue weighted by Crippen LogP contribution is 2.26. The lowest BCUT2D eigenvalue weighted by Gasteiger charge is -2.31. The monoisotopic (exact) mass is 443 g/mol. The van der Waals surface area contributed by atoms with E-state index in [0.29, 0.717) is 19.0 Å². The summed E-state index contributed by atoms with van der Waals surface area (Å²) >= 11 is 0. The molecule has 0 unspecified atom stereocenters. The minimum atomic E-state index is -3.94. The molecular weight excluding hydrogens is 412 g/mol. The number of carbonyl (C=O) groups is 1. The van der Waals surface area contributed by atoms with Crippen LogP contribution in [0.1, 0.15) is 39.5 Å². The first-order valence-corrected chi connectivity index (χ1v) is 12.1. The maximum atomic E-state index is 13.5. The summed E-state index contributed by atoms with van der Waals surface area (Å²) in [6, 6.07) is 2.40. The van der Waals surface area contributed by atoms with E-state index in [1.54, 1.807) is 0 Å². The van der Waals surface area contributed by atoms with Gasteiger partial charge >= 0.3 is 0 Å². The summed E-state index contributed by atoms with van der Waals surface area (Å²) < 4.78 is 53.8. The molecule has 1 atom stereocenters. The molecule has 168 valence electrons. The molecule has 0 radical (unpaired) electrons. The van der Waals surface area contributed by atoms with E-state index in [0.717, 1.165) is 38.2 Å².